The van der Waals surface area contributed by atoms with E-state index in [0.29, 0.717) is 23.5 Å². The van der Waals surface area contributed by atoms with E-state index in [-0.39, 0.29) is 24.1 Å². The first-order valence-corrected chi connectivity index (χ1v) is 8.28. The van der Waals surface area contributed by atoms with Gasteiger partial charge in [-0.2, -0.15) is 0 Å². The lowest BCUT2D eigenvalue weighted by molar-refractivity contribution is -0.115. The summed E-state index contributed by atoms with van der Waals surface area (Å²) in [6, 6.07) is 12.4. The van der Waals surface area contributed by atoms with Gasteiger partial charge in [-0.3, -0.25) is 14.4 Å². The van der Waals surface area contributed by atoms with Crippen molar-refractivity contribution >= 4 is 29.1 Å². The molecule has 0 unspecified atom stereocenters. The Bertz CT molecular complexity index is 872. The molecule has 2 aromatic carbocycles. The molecule has 1 aliphatic rings. The normalized spacial score (nSPS) is 12.5. The van der Waals surface area contributed by atoms with E-state index in [1.165, 1.54) is 6.08 Å². The zero-order valence-corrected chi connectivity index (χ0v) is 14.2. The van der Waals surface area contributed by atoms with Crippen LogP contribution in [0.1, 0.15) is 21.5 Å². The van der Waals surface area contributed by atoms with Gasteiger partial charge in [0.25, 0.3) is 5.91 Å². The molecular weight excluding hydrogens is 330 g/mol. The van der Waals surface area contributed by atoms with E-state index in [2.05, 4.69) is 22.5 Å². The standard InChI is InChI=1S/C20H19N3O3/c1-2-18(24)22-15-6-3-13(4-7-15)11-19(25)23-16-8-5-14-9-10-21-20(26)17(14)12-16/h2-8,12H,1,9-11H2,(H,21,26)(H,22,24)(H,23,25). The number of carbonyl (C=O) groups excluding carboxylic acids is 3. The summed E-state index contributed by atoms with van der Waals surface area (Å²) in [6.07, 6.45) is 2.18. The fourth-order valence-corrected chi connectivity index (χ4v) is 2.78. The second kappa shape index (κ2) is 7.65. The maximum atomic E-state index is 12.2. The number of nitrogens with one attached hydrogen (secondary N) is 3. The van der Waals surface area contributed by atoms with Crippen molar-refractivity contribution in [3.8, 4) is 0 Å². The number of rotatable bonds is 5. The lowest BCUT2D eigenvalue weighted by atomic mass is 10.00. The van der Waals surface area contributed by atoms with Crippen LogP contribution in [-0.4, -0.2) is 24.3 Å². The summed E-state index contributed by atoms with van der Waals surface area (Å²) < 4.78 is 0. The molecule has 3 rings (SSSR count). The van der Waals surface area contributed by atoms with Gasteiger partial charge < -0.3 is 16.0 Å². The van der Waals surface area contributed by atoms with Crippen LogP contribution in [0.15, 0.2) is 55.1 Å². The van der Waals surface area contributed by atoms with E-state index < -0.39 is 0 Å². The molecule has 0 saturated heterocycles. The Morgan fingerprint density at radius 3 is 2.54 bits per heavy atom. The maximum Gasteiger partial charge on any atom is 0.251 e. The fourth-order valence-electron chi connectivity index (χ4n) is 2.78. The van der Waals surface area contributed by atoms with Gasteiger partial charge in [-0.25, -0.2) is 0 Å². The Balaban J connectivity index is 1.62. The van der Waals surface area contributed by atoms with Gasteiger partial charge in [-0.15, -0.1) is 0 Å². The number of hydrogen-bond donors (Lipinski definition) is 3. The molecule has 0 atom stereocenters. The van der Waals surface area contributed by atoms with E-state index in [9.17, 15) is 14.4 Å². The molecule has 0 bridgehead atoms. The molecular formula is C20H19N3O3. The number of hydrogen-bond acceptors (Lipinski definition) is 3. The predicted molar refractivity (Wildman–Crippen MR) is 100 cm³/mol. The summed E-state index contributed by atoms with van der Waals surface area (Å²) >= 11 is 0. The molecule has 0 fully saturated rings. The van der Waals surface area contributed by atoms with Gasteiger partial charge in [-0.1, -0.05) is 24.8 Å². The van der Waals surface area contributed by atoms with Gasteiger partial charge >= 0.3 is 0 Å². The van der Waals surface area contributed by atoms with Crippen molar-refractivity contribution in [3.63, 3.8) is 0 Å². The van der Waals surface area contributed by atoms with Crippen LogP contribution >= 0.6 is 0 Å². The largest absolute Gasteiger partial charge is 0.352 e. The highest BCUT2D eigenvalue weighted by Crippen LogP contribution is 2.19. The number of anilines is 2. The van der Waals surface area contributed by atoms with E-state index in [0.717, 1.165) is 17.5 Å². The summed E-state index contributed by atoms with van der Waals surface area (Å²) in [7, 11) is 0. The highest BCUT2D eigenvalue weighted by Gasteiger charge is 2.17. The second-order valence-electron chi connectivity index (χ2n) is 5.99. The molecule has 26 heavy (non-hydrogen) atoms. The Morgan fingerprint density at radius 2 is 1.81 bits per heavy atom. The average molecular weight is 349 g/mol. The molecule has 3 amide bonds. The van der Waals surface area contributed by atoms with E-state index in [1.54, 1.807) is 30.3 Å². The molecule has 0 saturated carbocycles. The fraction of sp³-hybridized carbons (Fsp3) is 0.150. The SMILES string of the molecule is C=CC(=O)Nc1ccc(CC(=O)Nc2ccc3c(c2)C(=O)NCC3)cc1. The number of fused-ring (bicyclic) bond motifs is 1. The van der Waals surface area contributed by atoms with E-state index in [1.807, 2.05) is 12.1 Å². The summed E-state index contributed by atoms with van der Waals surface area (Å²) in [6.45, 7) is 4.03. The molecule has 132 valence electrons. The first kappa shape index (κ1) is 17.4. The van der Waals surface area contributed by atoms with Gasteiger partial charge in [0.2, 0.25) is 11.8 Å². The number of benzene rings is 2. The Morgan fingerprint density at radius 1 is 1.08 bits per heavy atom. The van der Waals surface area contributed by atoms with Crippen molar-refractivity contribution in [1.82, 2.24) is 5.32 Å². The summed E-state index contributed by atoms with van der Waals surface area (Å²) in [5.41, 5.74) is 3.65. The smallest absolute Gasteiger partial charge is 0.251 e. The molecule has 1 heterocycles. The topological polar surface area (TPSA) is 87.3 Å². The molecule has 2 aromatic rings. The van der Waals surface area contributed by atoms with E-state index >= 15 is 0 Å². The Labute approximate surface area is 151 Å². The molecule has 0 radical (unpaired) electrons. The maximum absolute atomic E-state index is 12.2. The van der Waals surface area contributed by atoms with Crippen LogP contribution in [0.5, 0.6) is 0 Å². The van der Waals surface area contributed by atoms with Crippen molar-refractivity contribution < 1.29 is 14.4 Å². The molecule has 6 heteroatoms. The van der Waals surface area contributed by atoms with Crippen LogP contribution in [0.3, 0.4) is 0 Å². The minimum atomic E-state index is -0.285. The monoisotopic (exact) mass is 349 g/mol. The third kappa shape index (κ3) is 4.16. The van der Waals surface area contributed by atoms with E-state index in [4.69, 9.17) is 0 Å². The van der Waals surface area contributed by atoms with Gasteiger partial charge in [-0.05, 0) is 47.9 Å². The average Bonchev–Trinajstić information content (AvgIpc) is 2.64. The summed E-state index contributed by atoms with van der Waals surface area (Å²) in [5.74, 6) is -0.574. The van der Waals surface area contributed by atoms with Crippen molar-refractivity contribution in [1.29, 1.82) is 0 Å². The van der Waals surface area contributed by atoms with Crippen LogP contribution in [0, 0.1) is 0 Å². The number of amides is 3. The Hall–Kier alpha value is -3.41. The zero-order valence-electron chi connectivity index (χ0n) is 14.2. The summed E-state index contributed by atoms with van der Waals surface area (Å²) in [5, 5.41) is 8.26. The van der Waals surface area contributed by atoms with Crippen LogP contribution in [0.4, 0.5) is 11.4 Å². The quantitative estimate of drug-likeness (QED) is 0.724. The molecule has 0 spiro atoms. The van der Waals surface area contributed by atoms with Gasteiger partial charge in [0.05, 0.1) is 6.42 Å². The van der Waals surface area contributed by atoms with Gasteiger partial charge in [0.1, 0.15) is 0 Å². The van der Waals surface area contributed by atoms with Crippen molar-refractivity contribution in [3.05, 3.63) is 71.8 Å². The molecule has 1 aliphatic heterocycles. The third-order valence-corrected chi connectivity index (χ3v) is 4.09. The van der Waals surface area contributed by atoms with Crippen LogP contribution in [0.2, 0.25) is 0 Å². The van der Waals surface area contributed by atoms with Crippen molar-refractivity contribution in [2.24, 2.45) is 0 Å². The first-order valence-electron chi connectivity index (χ1n) is 8.28. The highest BCUT2D eigenvalue weighted by atomic mass is 16.2. The molecule has 0 aromatic heterocycles. The zero-order chi connectivity index (χ0) is 18.5. The number of carbonyl (C=O) groups is 3. The van der Waals surface area contributed by atoms with Gasteiger partial charge in [0, 0.05) is 23.5 Å². The molecule has 6 nitrogen and oxygen atoms in total. The van der Waals surface area contributed by atoms with Crippen molar-refractivity contribution in [2.75, 3.05) is 17.2 Å². The first-order chi connectivity index (χ1) is 12.5. The minimum Gasteiger partial charge on any atom is -0.352 e. The Kier molecular flexibility index (Phi) is 5.12. The van der Waals surface area contributed by atoms with Crippen LogP contribution < -0.4 is 16.0 Å². The lowest BCUT2D eigenvalue weighted by Gasteiger charge is -2.17. The highest BCUT2D eigenvalue weighted by molar-refractivity contribution is 6.00. The van der Waals surface area contributed by atoms with Crippen LogP contribution in [-0.2, 0) is 22.4 Å². The van der Waals surface area contributed by atoms with Crippen LogP contribution in [0.25, 0.3) is 0 Å². The van der Waals surface area contributed by atoms with Gasteiger partial charge in [0.15, 0.2) is 0 Å². The third-order valence-electron chi connectivity index (χ3n) is 4.09. The van der Waals surface area contributed by atoms with Crippen molar-refractivity contribution in [2.45, 2.75) is 12.8 Å². The minimum absolute atomic E-state index is 0.112. The molecule has 3 N–H and O–H groups in total. The summed E-state index contributed by atoms with van der Waals surface area (Å²) in [4.78, 5) is 35.4. The second-order valence-corrected chi connectivity index (χ2v) is 5.99. The molecule has 0 aliphatic carbocycles. The predicted octanol–water partition coefficient (Wildman–Crippen LogP) is 2.28. The lowest BCUT2D eigenvalue weighted by Crippen LogP contribution is -2.31.